The Bertz CT molecular complexity index is 337. The highest BCUT2D eigenvalue weighted by molar-refractivity contribution is 5.78. The molecule has 1 aliphatic heterocycles. The maximum absolute atomic E-state index is 12.5. The lowest BCUT2D eigenvalue weighted by atomic mass is 10.1. The van der Waals surface area contributed by atoms with Crippen LogP contribution in [0.1, 0.15) is 58.8 Å². The predicted octanol–water partition coefficient (Wildman–Crippen LogP) is 2.60. The Morgan fingerprint density at radius 1 is 1.09 bits per heavy atom. The summed E-state index contributed by atoms with van der Waals surface area (Å²) in [6, 6.07) is 0. The first-order valence-electron chi connectivity index (χ1n) is 8.81. The lowest BCUT2D eigenvalue weighted by molar-refractivity contribution is -0.141. The number of carbonyl (C=O) groups is 2. The average molecular weight is 312 g/mol. The molecule has 1 unspecified atom stereocenters. The van der Waals surface area contributed by atoms with E-state index >= 15 is 0 Å². The SMILES string of the molecule is CCCCCN(CCCCC)C(=O)CN1CCC(C(=O)O)C1. The molecule has 1 N–H and O–H groups in total. The fourth-order valence-electron chi connectivity index (χ4n) is 2.94. The van der Waals surface area contributed by atoms with Gasteiger partial charge in [-0.1, -0.05) is 39.5 Å². The van der Waals surface area contributed by atoms with Gasteiger partial charge in [0.05, 0.1) is 12.5 Å². The summed E-state index contributed by atoms with van der Waals surface area (Å²) in [6.07, 6.45) is 7.41. The van der Waals surface area contributed by atoms with Gasteiger partial charge in [0.25, 0.3) is 0 Å². The minimum absolute atomic E-state index is 0.165. The zero-order chi connectivity index (χ0) is 16.4. The summed E-state index contributed by atoms with van der Waals surface area (Å²) in [5, 5.41) is 9.04. The molecule has 22 heavy (non-hydrogen) atoms. The first-order chi connectivity index (χ1) is 10.6. The van der Waals surface area contributed by atoms with Gasteiger partial charge in [0, 0.05) is 19.6 Å². The van der Waals surface area contributed by atoms with E-state index in [-0.39, 0.29) is 11.8 Å². The van der Waals surface area contributed by atoms with Crippen molar-refractivity contribution < 1.29 is 14.7 Å². The highest BCUT2D eigenvalue weighted by Crippen LogP contribution is 2.16. The molecule has 0 aromatic heterocycles. The number of carboxylic acids is 1. The maximum Gasteiger partial charge on any atom is 0.307 e. The van der Waals surface area contributed by atoms with Crippen molar-refractivity contribution >= 4 is 11.9 Å². The fraction of sp³-hybridized carbons (Fsp3) is 0.882. The Morgan fingerprint density at radius 2 is 1.68 bits per heavy atom. The molecule has 0 radical (unpaired) electrons. The van der Waals surface area contributed by atoms with Crippen LogP contribution in [0.15, 0.2) is 0 Å². The van der Waals surface area contributed by atoms with Gasteiger partial charge in [0.2, 0.25) is 5.91 Å². The summed E-state index contributed by atoms with van der Waals surface area (Å²) in [5.74, 6) is -0.877. The number of hydrogen-bond donors (Lipinski definition) is 1. The standard InChI is InChI=1S/C17H32N2O3/c1-3-5-7-10-19(11-8-6-4-2)16(20)14-18-12-9-15(13-18)17(21)22/h15H,3-14H2,1-2H3,(H,21,22). The van der Waals surface area contributed by atoms with Gasteiger partial charge < -0.3 is 10.0 Å². The van der Waals surface area contributed by atoms with Crippen LogP contribution >= 0.6 is 0 Å². The van der Waals surface area contributed by atoms with E-state index in [4.69, 9.17) is 5.11 Å². The number of likely N-dealkylation sites (tertiary alicyclic amines) is 1. The number of rotatable bonds is 11. The van der Waals surface area contributed by atoms with E-state index in [0.29, 0.717) is 19.5 Å². The Labute approximate surface area is 134 Å². The lowest BCUT2D eigenvalue weighted by Gasteiger charge is -2.25. The third kappa shape index (κ3) is 6.77. The molecule has 0 aliphatic carbocycles. The zero-order valence-electron chi connectivity index (χ0n) is 14.2. The number of nitrogens with zero attached hydrogens (tertiary/aromatic N) is 2. The molecule has 1 aliphatic rings. The number of aliphatic carboxylic acids is 1. The molecule has 1 amide bonds. The molecular formula is C17H32N2O3. The zero-order valence-corrected chi connectivity index (χ0v) is 14.2. The molecule has 0 aromatic rings. The minimum atomic E-state index is -0.738. The second kappa shape index (κ2) is 10.6. The average Bonchev–Trinajstić information content (AvgIpc) is 2.94. The van der Waals surface area contributed by atoms with Crippen molar-refractivity contribution in [3.8, 4) is 0 Å². The Balaban J connectivity index is 2.42. The molecule has 1 rings (SSSR count). The molecule has 1 fully saturated rings. The van der Waals surface area contributed by atoms with Crippen molar-refractivity contribution in [3.63, 3.8) is 0 Å². The van der Waals surface area contributed by atoms with Crippen LogP contribution in [0.3, 0.4) is 0 Å². The first-order valence-corrected chi connectivity index (χ1v) is 8.81. The van der Waals surface area contributed by atoms with Gasteiger partial charge in [-0.05, 0) is 25.8 Å². The number of unbranched alkanes of at least 4 members (excludes halogenated alkanes) is 4. The van der Waals surface area contributed by atoms with Gasteiger partial charge >= 0.3 is 5.97 Å². The second-order valence-corrected chi connectivity index (χ2v) is 6.35. The molecule has 5 nitrogen and oxygen atoms in total. The summed E-state index contributed by atoms with van der Waals surface area (Å²) in [6.45, 7) is 7.62. The normalized spacial score (nSPS) is 18.5. The van der Waals surface area contributed by atoms with Crippen molar-refractivity contribution in [1.82, 2.24) is 9.80 Å². The predicted molar refractivity (Wildman–Crippen MR) is 87.8 cm³/mol. The Hall–Kier alpha value is -1.10. The quantitative estimate of drug-likeness (QED) is 0.596. The van der Waals surface area contributed by atoms with Crippen molar-refractivity contribution in [3.05, 3.63) is 0 Å². The van der Waals surface area contributed by atoms with Crippen LogP contribution in [0.4, 0.5) is 0 Å². The fourth-order valence-corrected chi connectivity index (χ4v) is 2.94. The molecule has 128 valence electrons. The third-order valence-corrected chi connectivity index (χ3v) is 4.40. The van der Waals surface area contributed by atoms with Gasteiger partial charge in [0.15, 0.2) is 0 Å². The van der Waals surface area contributed by atoms with E-state index in [9.17, 15) is 9.59 Å². The van der Waals surface area contributed by atoms with E-state index in [0.717, 1.165) is 58.2 Å². The Morgan fingerprint density at radius 3 is 2.14 bits per heavy atom. The molecule has 0 aromatic carbocycles. The van der Waals surface area contributed by atoms with E-state index < -0.39 is 5.97 Å². The van der Waals surface area contributed by atoms with Crippen molar-refractivity contribution in [2.75, 3.05) is 32.7 Å². The molecule has 5 heteroatoms. The number of carbonyl (C=O) groups excluding carboxylic acids is 1. The second-order valence-electron chi connectivity index (χ2n) is 6.35. The van der Waals surface area contributed by atoms with Crippen molar-refractivity contribution in [1.29, 1.82) is 0 Å². The van der Waals surface area contributed by atoms with E-state index in [1.54, 1.807) is 0 Å². The van der Waals surface area contributed by atoms with Gasteiger partial charge in [-0.15, -0.1) is 0 Å². The van der Waals surface area contributed by atoms with Crippen LogP contribution in [-0.4, -0.2) is 59.5 Å². The van der Waals surface area contributed by atoms with Crippen LogP contribution in [0, 0.1) is 5.92 Å². The molecule has 0 spiro atoms. The van der Waals surface area contributed by atoms with Crippen molar-refractivity contribution in [2.24, 2.45) is 5.92 Å². The lowest BCUT2D eigenvalue weighted by Crippen LogP contribution is -2.41. The largest absolute Gasteiger partial charge is 0.481 e. The van der Waals surface area contributed by atoms with E-state index in [1.807, 2.05) is 9.80 Å². The summed E-state index contributed by atoms with van der Waals surface area (Å²) >= 11 is 0. The van der Waals surface area contributed by atoms with Crippen LogP contribution in [-0.2, 0) is 9.59 Å². The molecule has 1 atom stereocenters. The van der Waals surface area contributed by atoms with Crippen LogP contribution in [0.5, 0.6) is 0 Å². The van der Waals surface area contributed by atoms with E-state index in [1.165, 1.54) is 0 Å². The van der Waals surface area contributed by atoms with Crippen LogP contribution < -0.4 is 0 Å². The number of carboxylic acid groups (broad SMARTS) is 1. The molecular weight excluding hydrogens is 280 g/mol. The molecule has 1 heterocycles. The van der Waals surface area contributed by atoms with Gasteiger partial charge in [-0.3, -0.25) is 14.5 Å². The van der Waals surface area contributed by atoms with Crippen LogP contribution in [0.25, 0.3) is 0 Å². The summed E-state index contributed by atoms with van der Waals surface area (Å²) in [4.78, 5) is 27.5. The van der Waals surface area contributed by atoms with Gasteiger partial charge in [-0.2, -0.15) is 0 Å². The highest BCUT2D eigenvalue weighted by atomic mass is 16.4. The Kier molecular flexibility index (Phi) is 9.13. The molecule has 0 saturated carbocycles. The monoisotopic (exact) mass is 312 g/mol. The first kappa shape index (κ1) is 18.9. The number of amides is 1. The van der Waals surface area contributed by atoms with Crippen LogP contribution in [0.2, 0.25) is 0 Å². The smallest absolute Gasteiger partial charge is 0.307 e. The topological polar surface area (TPSA) is 60.9 Å². The number of hydrogen-bond acceptors (Lipinski definition) is 3. The maximum atomic E-state index is 12.5. The third-order valence-electron chi connectivity index (χ3n) is 4.40. The van der Waals surface area contributed by atoms with E-state index in [2.05, 4.69) is 13.8 Å². The van der Waals surface area contributed by atoms with Gasteiger partial charge in [-0.25, -0.2) is 0 Å². The van der Waals surface area contributed by atoms with Gasteiger partial charge in [0.1, 0.15) is 0 Å². The molecule has 0 bridgehead atoms. The minimum Gasteiger partial charge on any atom is -0.481 e. The summed E-state index contributed by atoms with van der Waals surface area (Å²) in [5.41, 5.74) is 0. The highest BCUT2D eigenvalue weighted by Gasteiger charge is 2.29. The van der Waals surface area contributed by atoms with Crippen molar-refractivity contribution in [2.45, 2.75) is 58.8 Å². The summed E-state index contributed by atoms with van der Waals surface area (Å²) in [7, 11) is 0. The summed E-state index contributed by atoms with van der Waals surface area (Å²) < 4.78 is 0. The molecule has 1 saturated heterocycles.